The zero-order valence-corrected chi connectivity index (χ0v) is 16.8. The standard InChI is InChI=1S/C21H37NO2/c1-14(2)16(5)13-19(21(6,7)22)17-9-11-18(12-10-17)24-20(23-8)15(3)4/h9-12,14-16,19-20H,13,22H2,1-8H3. The third-order valence-electron chi connectivity index (χ3n) is 4.96. The van der Waals surface area contributed by atoms with Gasteiger partial charge in [-0.05, 0) is 49.8 Å². The number of ether oxygens (including phenoxy) is 2. The van der Waals surface area contributed by atoms with E-state index in [9.17, 15) is 0 Å². The van der Waals surface area contributed by atoms with Gasteiger partial charge in [-0.1, -0.05) is 46.8 Å². The van der Waals surface area contributed by atoms with Crippen LogP contribution in [0.25, 0.3) is 0 Å². The largest absolute Gasteiger partial charge is 0.465 e. The van der Waals surface area contributed by atoms with E-state index in [0.717, 1.165) is 12.2 Å². The van der Waals surface area contributed by atoms with Crippen molar-refractivity contribution in [1.82, 2.24) is 0 Å². The molecule has 0 saturated carbocycles. The molecule has 0 aromatic heterocycles. The molecule has 2 N–H and O–H groups in total. The Morgan fingerprint density at radius 1 is 0.958 bits per heavy atom. The number of rotatable bonds is 9. The average molecular weight is 336 g/mol. The SMILES string of the molecule is COC(Oc1ccc(C(CC(C)C(C)C)C(C)(C)N)cc1)C(C)C. The summed E-state index contributed by atoms with van der Waals surface area (Å²) in [6, 6.07) is 8.36. The fourth-order valence-electron chi connectivity index (χ4n) is 2.88. The molecule has 138 valence electrons. The number of benzene rings is 1. The minimum Gasteiger partial charge on any atom is -0.465 e. The first-order valence-corrected chi connectivity index (χ1v) is 9.14. The molecule has 3 atom stereocenters. The molecular formula is C21H37NO2. The van der Waals surface area contributed by atoms with Crippen LogP contribution in [0.3, 0.4) is 0 Å². The first-order chi connectivity index (χ1) is 11.1. The minimum atomic E-state index is -0.251. The quantitative estimate of drug-likeness (QED) is 0.631. The van der Waals surface area contributed by atoms with Gasteiger partial charge in [0, 0.05) is 24.5 Å². The molecule has 0 bridgehead atoms. The van der Waals surface area contributed by atoms with Crippen LogP contribution < -0.4 is 10.5 Å². The van der Waals surface area contributed by atoms with Crippen LogP contribution in [0, 0.1) is 17.8 Å². The van der Waals surface area contributed by atoms with Gasteiger partial charge in [0.25, 0.3) is 0 Å². The summed E-state index contributed by atoms with van der Waals surface area (Å²) < 4.78 is 11.3. The summed E-state index contributed by atoms with van der Waals surface area (Å²) >= 11 is 0. The summed E-state index contributed by atoms with van der Waals surface area (Å²) in [4.78, 5) is 0. The molecule has 1 rings (SSSR count). The molecule has 0 heterocycles. The van der Waals surface area contributed by atoms with Crippen molar-refractivity contribution in [3.8, 4) is 5.75 Å². The van der Waals surface area contributed by atoms with Crippen LogP contribution in [-0.2, 0) is 4.74 Å². The van der Waals surface area contributed by atoms with E-state index in [1.165, 1.54) is 5.56 Å². The topological polar surface area (TPSA) is 44.5 Å². The molecular weight excluding hydrogens is 298 g/mol. The molecule has 0 fully saturated rings. The highest BCUT2D eigenvalue weighted by Crippen LogP contribution is 2.35. The summed E-state index contributed by atoms with van der Waals surface area (Å²) in [5.74, 6) is 2.76. The molecule has 0 aliphatic carbocycles. The molecule has 3 heteroatoms. The van der Waals surface area contributed by atoms with E-state index in [0.29, 0.717) is 23.7 Å². The highest BCUT2D eigenvalue weighted by molar-refractivity contribution is 5.31. The van der Waals surface area contributed by atoms with Crippen molar-refractivity contribution in [2.75, 3.05) is 7.11 Å². The van der Waals surface area contributed by atoms with Crippen LogP contribution in [0.5, 0.6) is 5.75 Å². The fraction of sp³-hybridized carbons (Fsp3) is 0.714. The van der Waals surface area contributed by atoms with Gasteiger partial charge in [-0.25, -0.2) is 0 Å². The second kappa shape index (κ2) is 8.87. The van der Waals surface area contributed by atoms with Crippen molar-refractivity contribution in [3.05, 3.63) is 29.8 Å². The molecule has 0 amide bonds. The van der Waals surface area contributed by atoms with E-state index >= 15 is 0 Å². The van der Waals surface area contributed by atoms with Gasteiger partial charge in [-0.15, -0.1) is 0 Å². The predicted octanol–water partition coefficient (Wildman–Crippen LogP) is 5.20. The Hall–Kier alpha value is -1.06. The average Bonchev–Trinajstić information content (AvgIpc) is 2.49. The maximum absolute atomic E-state index is 6.49. The third-order valence-corrected chi connectivity index (χ3v) is 4.96. The van der Waals surface area contributed by atoms with Gasteiger partial charge in [-0.3, -0.25) is 0 Å². The Balaban J connectivity index is 2.93. The van der Waals surface area contributed by atoms with Crippen LogP contribution >= 0.6 is 0 Å². The lowest BCUT2D eigenvalue weighted by atomic mass is 9.75. The molecule has 0 aliphatic rings. The minimum absolute atomic E-state index is 0.224. The van der Waals surface area contributed by atoms with E-state index in [1.54, 1.807) is 7.11 Å². The third kappa shape index (κ3) is 6.10. The molecule has 0 radical (unpaired) electrons. The highest BCUT2D eigenvalue weighted by atomic mass is 16.7. The van der Waals surface area contributed by atoms with Gasteiger partial charge < -0.3 is 15.2 Å². The molecule has 1 aromatic rings. The zero-order valence-electron chi connectivity index (χ0n) is 16.8. The van der Waals surface area contributed by atoms with E-state index in [4.69, 9.17) is 15.2 Å². The molecule has 1 aromatic carbocycles. The van der Waals surface area contributed by atoms with Crippen LogP contribution in [0.1, 0.15) is 66.4 Å². The van der Waals surface area contributed by atoms with Crippen molar-refractivity contribution < 1.29 is 9.47 Å². The lowest BCUT2D eigenvalue weighted by Gasteiger charge is -2.34. The summed E-state index contributed by atoms with van der Waals surface area (Å²) in [7, 11) is 1.68. The number of hydrogen-bond donors (Lipinski definition) is 1. The van der Waals surface area contributed by atoms with Crippen LogP contribution in [-0.4, -0.2) is 18.9 Å². The Kier molecular flexibility index (Phi) is 7.75. The molecule has 3 unspecified atom stereocenters. The molecule has 0 aliphatic heterocycles. The summed E-state index contributed by atoms with van der Waals surface area (Å²) in [6.07, 6.45) is 0.868. The van der Waals surface area contributed by atoms with Gasteiger partial charge in [0.2, 0.25) is 6.29 Å². The van der Waals surface area contributed by atoms with Gasteiger partial charge >= 0.3 is 0 Å². The first kappa shape index (κ1) is 21.0. The van der Waals surface area contributed by atoms with Gasteiger partial charge in [0.1, 0.15) is 5.75 Å². The van der Waals surface area contributed by atoms with Crippen LogP contribution in [0.15, 0.2) is 24.3 Å². The van der Waals surface area contributed by atoms with Gasteiger partial charge in [0.15, 0.2) is 0 Å². The predicted molar refractivity (Wildman–Crippen MR) is 102 cm³/mol. The maximum Gasteiger partial charge on any atom is 0.201 e. The van der Waals surface area contributed by atoms with E-state index < -0.39 is 0 Å². The first-order valence-electron chi connectivity index (χ1n) is 9.14. The Morgan fingerprint density at radius 3 is 1.88 bits per heavy atom. The van der Waals surface area contributed by atoms with E-state index in [-0.39, 0.29) is 11.8 Å². The second-order valence-corrected chi connectivity index (χ2v) is 8.37. The summed E-state index contributed by atoms with van der Waals surface area (Å²) in [5, 5.41) is 0. The Labute approximate surface area is 148 Å². The Morgan fingerprint density at radius 2 is 1.50 bits per heavy atom. The van der Waals surface area contributed by atoms with Gasteiger partial charge in [-0.2, -0.15) is 0 Å². The molecule has 24 heavy (non-hydrogen) atoms. The molecule has 0 saturated heterocycles. The van der Waals surface area contributed by atoms with Crippen molar-refractivity contribution >= 4 is 0 Å². The van der Waals surface area contributed by atoms with Crippen molar-refractivity contribution in [2.45, 2.75) is 72.6 Å². The lowest BCUT2D eigenvalue weighted by molar-refractivity contribution is -0.0833. The fourth-order valence-corrected chi connectivity index (χ4v) is 2.88. The maximum atomic E-state index is 6.49. The summed E-state index contributed by atoms with van der Waals surface area (Å²) in [5.41, 5.74) is 7.52. The van der Waals surface area contributed by atoms with Crippen molar-refractivity contribution in [1.29, 1.82) is 0 Å². The number of hydrogen-bond acceptors (Lipinski definition) is 3. The second-order valence-electron chi connectivity index (χ2n) is 8.37. The van der Waals surface area contributed by atoms with Crippen molar-refractivity contribution in [2.24, 2.45) is 23.5 Å². The highest BCUT2D eigenvalue weighted by Gasteiger charge is 2.29. The number of methoxy groups -OCH3 is 1. The smallest absolute Gasteiger partial charge is 0.201 e. The van der Waals surface area contributed by atoms with E-state index in [2.05, 4.69) is 60.6 Å². The molecule has 0 spiro atoms. The number of nitrogens with two attached hydrogens (primary N) is 1. The van der Waals surface area contributed by atoms with Crippen molar-refractivity contribution in [3.63, 3.8) is 0 Å². The zero-order chi connectivity index (χ0) is 18.5. The summed E-state index contributed by atoms with van der Waals surface area (Å²) in [6.45, 7) is 15.3. The monoisotopic (exact) mass is 335 g/mol. The van der Waals surface area contributed by atoms with Gasteiger partial charge in [0.05, 0.1) is 0 Å². The van der Waals surface area contributed by atoms with E-state index in [1.807, 2.05) is 12.1 Å². The normalized spacial score (nSPS) is 16.3. The van der Waals surface area contributed by atoms with Crippen LogP contribution in [0.4, 0.5) is 0 Å². The lowest BCUT2D eigenvalue weighted by Crippen LogP contribution is -2.40. The molecule has 3 nitrogen and oxygen atoms in total. The van der Waals surface area contributed by atoms with Crippen LogP contribution in [0.2, 0.25) is 0 Å². The Bertz CT molecular complexity index is 474.